The molecule has 0 saturated heterocycles. The molecular formula is C7H13O7P. The van der Waals surface area contributed by atoms with Crippen LogP contribution in [0.15, 0.2) is 0 Å². The van der Waals surface area contributed by atoms with Crippen molar-refractivity contribution >= 4 is 19.5 Å². The van der Waals surface area contributed by atoms with Crippen molar-refractivity contribution in [3.05, 3.63) is 0 Å². The van der Waals surface area contributed by atoms with Crippen molar-refractivity contribution in [3.8, 4) is 0 Å². The molecule has 8 heteroatoms. The van der Waals surface area contributed by atoms with Gasteiger partial charge >= 0.3 is 19.5 Å². The Bertz CT molecular complexity index is 281. The molecule has 0 aliphatic carbocycles. The van der Waals surface area contributed by atoms with E-state index < -0.39 is 31.8 Å². The van der Waals surface area contributed by atoms with Crippen LogP contribution < -0.4 is 0 Å². The molecule has 0 aromatic carbocycles. The lowest BCUT2D eigenvalue weighted by Gasteiger charge is -2.15. The fraction of sp³-hybridized carbons (Fsp3) is 0.714. The summed E-state index contributed by atoms with van der Waals surface area (Å²) in [4.78, 5) is 38.9. The molecule has 0 aromatic rings. The van der Waals surface area contributed by atoms with Crippen LogP contribution in [0.3, 0.4) is 0 Å². The predicted octanol–water partition coefficient (Wildman–Crippen LogP) is -0.341. The molecule has 0 aliphatic heterocycles. The number of carbonyl (C=O) groups excluding carboxylic acids is 2. The van der Waals surface area contributed by atoms with E-state index in [2.05, 4.69) is 9.47 Å². The summed E-state index contributed by atoms with van der Waals surface area (Å²) >= 11 is 0. The van der Waals surface area contributed by atoms with Crippen LogP contribution in [-0.2, 0) is 23.6 Å². The van der Waals surface area contributed by atoms with Gasteiger partial charge in [-0.2, -0.15) is 0 Å². The van der Waals surface area contributed by atoms with Crippen LogP contribution in [0.1, 0.15) is 13.8 Å². The standard InChI is InChI=1S/C7H13O7P/c1-3-13-7(9)6(14-5(2)8)4-15(10,11)12/h6H,3-4H2,1-2H3,(H2,10,11,12). The van der Waals surface area contributed by atoms with Gasteiger partial charge in [0.25, 0.3) is 0 Å². The Balaban J connectivity index is 4.51. The summed E-state index contributed by atoms with van der Waals surface area (Å²) in [5.74, 6) is -1.77. The molecule has 7 nitrogen and oxygen atoms in total. The van der Waals surface area contributed by atoms with E-state index in [-0.39, 0.29) is 6.61 Å². The van der Waals surface area contributed by atoms with Gasteiger partial charge in [-0.3, -0.25) is 9.36 Å². The second-order valence-corrected chi connectivity index (χ2v) is 4.39. The Morgan fingerprint density at radius 2 is 1.93 bits per heavy atom. The molecule has 1 unspecified atom stereocenters. The summed E-state index contributed by atoms with van der Waals surface area (Å²) in [6, 6.07) is 0. The summed E-state index contributed by atoms with van der Waals surface area (Å²) in [5.41, 5.74) is 0. The third kappa shape index (κ3) is 7.07. The first kappa shape index (κ1) is 14.1. The van der Waals surface area contributed by atoms with Gasteiger partial charge in [-0.05, 0) is 6.92 Å². The molecule has 0 fully saturated rings. The Morgan fingerprint density at radius 3 is 2.27 bits per heavy atom. The van der Waals surface area contributed by atoms with Crippen LogP contribution in [0.25, 0.3) is 0 Å². The van der Waals surface area contributed by atoms with Gasteiger partial charge in [0.2, 0.25) is 6.10 Å². The Kier molecular flexibility index (Phi) is 5.49. The van der Waals surface area contributed by atoms with Gasteiger partial charge in [0.15, 0.2) is 0 Å². The molecule has 0 aromatic heterocycles. The van der Waals surface area contributed by atoms with Gasteiger partial charge in [0, 0.05) is 6.92 Å². The van der Waals surface area contributed by atoms with Crippen LogP contribution in [0.5, 0.6) is 0 Å². The third-order valence-electron chi connectivity index (χ3n) is 1.26. The summed E-state index contributed by atoms with van der Waals surface area (Å²) in [6.07, 6.45) is -2.42. The maximum atomic E-state index is 11.1. The molecule has 0 radical (unpaired) electrons. The highest BCUT2D eigenvalue weighted by Crippen LogP contribution is 2.35. The van der Waals surface area contributed by atoms with Gasteiger partial charge < -0.3 is 19.3 Å². The van der Waals surface area contributed by atoms with Gasteiger partial charge in [-0.25, -0.2) is 4.79 Å². The number of rotatable bonds is 5. The minimum Gasteiger partial charge on any atom is -0.463 e. The number of hydrogen-bond donors (Lipinski definition) is 2. The maximum Gasteiger partial charge on any atom is 0.348 e. The largest absolute Gasteiger partial charge is 0.463 e. The average Bonchev–Trinajstić information content (AvgIpc) is 1.99. The fourth-order valence-electron chi connectivity index (χ4n) is 0.811. The van der Waals surface area contributed by atoms with Gasteiger partial charge in [0.05, 0.1) is 12.8 Å². The Morgan fingerprint density at radius 1 is 1.40 bits per heavy atom. The second-order valence-electron chi connectivity index (χ2n) is 2.70. The second kappa shape index (κ2) is 5.85. The molecule has 0 spiro atoms. The fourth-order valence-corrected chi connectivity index (χ4v) is 1.47. The van der Waals surface area contributed by atoms with Crippen molar-refractivity contribution < 1.29 is 33.4 Å². The van der Waals surface area contributed by atoms with Crippen molar-refractivity contribution in [3.63, 3.8) is 0 Å². The van der Waals surface area contributed by atoms with E-state index in [0.717, 1.165) is 6.92 Å². The first-order valence-electron chi connectivity index (χ1n) is 4.14. The zero-order valence-corrected chi connectivity index (χ0v) is 9.27. The van der Waals surface area contributed by atoms with Crippen molar-refractivity contribution in [2.45, 2.75) is 20.0 Å². The normalized spacial score (nSPS) is 13.1. The van der Waals surface area contributed by atoms with Crippen LogP contribution in [0.4, 0.5) is 0 Å². The maximum absolute atomic E-state index is 11.1. The number of esters is 2. The number of hydrogen-bond acceptors (Lipinski definition) is 5. The Hall–Kier alpha value is -0.910. The summed E-state index contributed by atoms with van der Waals surface area (Å²) in [6.45, 7) is 2.60. The van der Waals surface area contributed by atoms with E-state index in [0.29, 0.717) is 0 Å². The first-order chi connectivity index (χ1) is 6.76. The van der Waals surface area contributed by atoms with E-state index >= 15 is 0 Å². The minimum absolute atomic E-state index is 0.0394. The lowest BCUT2D eigenvalue weighted by molar-refractivity contribution is -0.164. The SMILES string of the molecule is CCOC(=O)C(CP(=O)(O)O)OC(C)=O. The highest BCUT2D eigenvalue weighted by atomic mass is 31.2. The highest BCUT2D eigenvalue weighted by molar-refractivity contribution is 7.51. The molecule has 88 valence electrons. The summed E-state index contributed by atoms with van der Waals surface area (Å²) < 4.78 is 19.6. The lowest BCUT2D eigenvalue weighted by atomic mass is 10.4. The van der Waals surface area contributed by atoms with Crippen molar-refractivity contribution in [2.75, 3.05) is 12.8 Å². The topological polar surface area (TPSA) is 110 Å². The number of carbonyl (C=O) groups is 2. The van der Waals surface area contributed by atoms with E-state index in [1.807, 2.05) is 0 Å². The summed E-state index contributed by atoms with van der Waals surface area (Å²) in [7, 11) is -4.43. The quantitative estimate of drug-likeness (QED) is 0.499. The number of ether oxygens (including phenoxy) is 2. The zero-order valence-electron chi connectivity index (χ0n) is 8.37. The monoisotopic (exact) mass is 240 g/mol. The molecule has 2 N–H and O–H groups in total. The molecule has 0 rings (SSSR count). The molecular weight excluding hydrogens is 227 g/mol. The van der Waals surface area contributed by atoms with Crippen molar-refractivity contribution in [1.29, 1.82) is 0 Å². The van der Waals surface area contributed by atoms with Crippen LogP contribution >= 0.6 is 7.60 Å². The van der Waals surface area contributed by atoms with E-state index in [4.69, 9.17) is 9.79 Å². The highest BCUT2D eigenvalue weighted by Gasteiger charge is 2.31. The molecule has 1 atom stereocenters. The molecule has 0 heterocycles. The molecule has 0 saturated carbocycles. The summed E-state index contributed by atoms with van der Waals surface area (Å²) in [5, 5.41) is 0. The van der Waals surface area contributed by atoms with E-state index in [1.165, 1.54) is 6.92 Å². The molecule has 0 aliphatic rings. The van der Waals surface area contributed by atoms with Crippen molar-refractivity contribution in [1.82, 2.24) is 0 Å². The predicted molar refractivity (Wildman–Crippen MR) is 49.1 cm³/mol. The lowest BCUT2D eigenvalue weighted by Crippen LogP contribution is -2.31. The Labute approximate surface area is 86.5 Å². The van der Waals surface area contributed by atoms with Gasteiger partial charge in [-0.15, -0.1) is 0 Å². The van der Waals surface area contributed by atoms with Gasteiger partial charge in [-0.1, -0.05) is 0 Å². The zero-order chi connectivity index (χ0) is 12.1. The van der Waals surface area contributed by atoms with Crippen LogP contribution in [0.2, 0.25) is 0 Å². The molecule has 0 bridgehead atoms. The van der Waals surface area contributed by atoms with E-state index in [9.17, 15) is 14.2 Å². The van der Waals surface area contributed by atoms with Gasteiger partial charge in [0.1, 0.15) is 0 Å². The average molecular weight is 240 g/mol. The molecule has 15 heavy (non-hydrogen) atoms. The smallest absolute Gasteiger partial charge is 0.348 e. The van der Waals surface area contributed by atoms with Crippen LogP contribution in [-0.4, -0.2) is 40.6 Å². The first-order valence-corrected chi connectivity index (χ1v) is 5.94. The third-order valence-corrected chi connectivity index (χ3v) is 2.07. The molecule has 0 amide bonds. The van der Waals surface area contributed by atoms with Crippen molar-refractivity contribution in [2.24, 2.45) is 0 Å². The van der Waals surface area contributed by atoms with Crippen LogP contribution in [0, 0.1) is 0 Å². The van der Waals surface area contributed by atoms with E-state index in [1.54, 1.807) is 0 Å². The minimum atomic E-state index is -4.43.